The number of carbonyl (C=O) groups is 1. The summed E-state index contributed by atoms with van der Waals surface area (Å²) in [6.45, 7) is 7.81. The van der Waals surface area contributed by atoms with Crippen molar-refractivity contribution in [1.82, 2.24) is 5.32 Å². The smallest absolute Gasteiger partial charge is 0.247 e. The van der Waals surface area contributed by atoms with Gasteiger partial charge in [-0.15, -0.1) is 0 Å². The second-order valence-corrected chi connectivity index (χ2v) is 4.49. The van der Waals surface area contributed by atoms with Crippen LogP contribution in [0, 0.1) is 5.92 Å². The lowest BCUT2D eigenvalue weighted by molar-refractivity contribution is -0.118. The summed E-state index contributed by atoms with van der Waals surface area (Å²) in [6, 6.07) is 0.395. The predicted molar refractivity (Wildman–Crippen MR) is 59.0 cm³/mol. The number of rotatable bonds is 3. The minimum absolute atomic E-state index is 0.0481. The second-order valence-electron chi connectivity index (χ2n) is 4.49. The average Bonchev–Trinajstić information content (AvgIpc) is 2.18. The minimum Gasteiger partial charge on any atom is -0.350 e. The van der Waals surface area contributed by atoms with Crippen LogP contribution < -0.4 is 5.32 Å². The number of hydrogen-bond donors (Lipinski definition) is 1. The molecule has 0 aromatic rings. The number of hydrogen-bond acceptors (Lipinski definition) is 1. The summed E-state index contributed by atoms with van der Waals surface area (Å²) in [7, 11) is 0. The van der Waals surface area contributed by atoms with Crippen molar-refractivity contribution in [2.24, 2.45) is 5.92 Å². The van der Waals surface area contributed by atoms with Crippen molar-refractivity contribution < 1.29 is 4.79 Å². The summed E-state index contributed by atoms with van der Waals surface area (Å²) in [5, 5.41) is 3.06. The van der Waals surface area contributed by atoms with Crippen molar-refractivity contribution in [1.29, 1.82) is 0 Å². The van der Waals surface area contributed by atoms with Gasteiger partial charge in [0.2, 0.25) is 5.91 Å². The van der Waals surface area contributed by atoms with E-state index in [-0.39, 0.29) is 11.8 Å². The lowest BCUT2D eigenvalue weighted by Gasteiger charge is -2.23. The van der Waals surface area contributed by atoms with Gasteiger partial charge in [0.1, 0.15) is 0 Å². The van der Waals surface area contributed by atoms with E-state index in [9.17, 15) is 4.79 Å². The maximum absolute atomic E-state index is 11.6. The first-order valence-electron chi connectivity index (χ1n) is 5.61. The van der Waals surface area contributed by atoms with E-state index >= 15 is 0 Å². The summed E-state index contributed by atoms with van der Waals surface area (Å²) in [5.41, 5.74) is 0.704. The molecule has 1 fully saturated rings. The Morgan fingerprint density at radius 1 is 1.29 bits per heavy atom. The van der Waals surface area contributed by atoms with Crippen LogP contribution in [0.1, 0.15) is 46.0 Å². The molecule has 1 rings (SSSR count). The molecule has 2 nitrogen and oxygen atoms in total. The monoisotopic (exact) mass is 195 g/mol. The zero-order chi connectivity index (χ0) is 10.6. The molecular formula is C12H21NO. The third-order valence-corrected chi connectivity index (χ3v) is 2.93. The highest BCUT2D eigenvalue weighted by Gasteiger charge is 2.18. The minimum atomic E-state index is 0.0481. The maximum atomic E-state index is 11.6. The standard InChI is InChI=1S/C12H21NO/c1-9(2)10(3)12(14)13-11-7-5-4-6-8-11/h9,11H,3-8H2,1-2H3,(H,13,14). The Morgan fingerprint density at radius 3 is 2.36 bits per heavy atom. The van der Waals surface area contributed by atoms with Crippen LogP contribution in [0.25, 0.3) is 0 Å². The van der Waals surface area contributed by atoms with E-state index in [1.807, 2.05) is 13.8 Å². The first-order chi connectivity index (χ1) is 6.61. The van der Waals surface area contributed by atoms with Gasteiger partial charge in [-0.25, -0.2) is 0 Å². The molecule has 0 spiro atoms. The Balaban J connectivity index is 2.35. The van der Waals surface area contributed by atoms with Crippen molar-refractivity contribution in [2.75, 3.05) is 0 Å². The Hall–Kier alpha value is -0.790. The van der Waals surface area contributed by atoms with Gasteiger partial charge in [0.05, 0.1) is 0 Å². The molecule has 0 heterocycles. The summed E-state index contributed by atoms with van der Waals surface area (Å²) >= 11 is 0. The quantitative estimate of drug-likeness (QED) is 0.689. The molecule has 2 heteroatoms. The molecule has 1 amide bonds. The van der Waals surface area contributed by atoms with Gasteiger partial charge in [0, 0.05) is 11.6 Å². The fourth-order valence-electron chi connectivity index (χ4n) is 1.79. The first kappa shape index (κ1) is 11.3. The van der Waals surface area contributed by atoms with Crippen molar-refractivity contribution in [3.8, 4) is 0 Å². The predicted octanol–water partition coefficient (Wildman–Crippen LogP) is 2.65. The molecule has 80 valence electrons. The maximum Gasteiger partial charge on any atom is 0.247 e. The highest BCUT2D eigenvalue weighted by atomic mass is 16.1. The van der Waals surface area contributed by atoms with E-state index in [4.69, 9.17) is 0 Å². The van der Waals surface area contributed by atoms with Crippen LogP contribution in [0.5, 0.6) is 0 Å². The third kappa shape index (κ3) is 3.17. The van der Waals surface area contributed by atoms with Crippen LogP contribution in [0.15, 0.2) is 12.2 Å². The van der Waals surface area contributed by atoms with Gasteiger partial charge < -0.3 is 5.32 Å². The number of nitrogens with one attached hydrogen (secondary N) is 1. The average molecular weight is 195 g/mol. The molecule has 0 aromatic carbocycles. The fraction of sp³-hybridized carbons (Fsp3) is 0.750. The second kappa shape index (κ2) is 5.18. The van der Waals surface area contributed by atoms with E-state index in [0.29, 0.717) is 11.6 Å². The van der Waals surface area contributed by atoms with Gasteiger partial charge in [-0.1, -0.05) is 39.7 Å². The number of carbonyl (C=O) groups excluding carboxylic acids is 1. The molecule has 0 aromatic heterocycles. The summed E-state index contributed by atoms with van der Waals surface area (Å²) in [4.78, 5) is 11.6. The van der Waals surface area contributed by atoms with Crippen LogP contribution in [0.2, 0.25) is 0 Å². The summed E-state index contributed by atoms with van der Waals surface area (Å²) < 4.78 is 0. The molecule has 1 aliphatic rings. The van der Waals surface area contributed by atoms with Gasteiger partial charge in [-0.2, -0.15) is 0 Å². The largest absolute Gasteiger partial charge is 0.350 e. The highest BCUT2D eigenvalue weighted by molar-refractivity contribution is 5.93. The SMILES string of the molecule is C=C(C(=O)NC1CCCCC1)C(C)C. The number of amides is 1. The van der Waals surface area contributed by atoms with Crippen LogP contribution in [-0.4, -0.2) is 11.9 Å². The summed E-state index contributed by atoms with van der Waals surface area (Å²) in [6.07, 6.45) is 6.09. The van der Waals surface area contributed by atoms with Crippen molar-refractivity contribution >= 4 is 5.91 Å². The van der Waals surface area contributed by atoms with Crippen LogP contribution in [0.4, 0.5) is 0 Å². The van der Waals surface area contributed by atoms with Gasteiger partial charge in [-0.05, 0) is 18.8 Å². The normalized spacial score (nSPS) is 18.2. The molecule has 0 aliphatic heterocycles. The highest BCUT2D eigenvalue weighted by Crippen LogP contribution is 2.18. The molecule has 0 saturated heterocycles. The van der Waals surface area contributed by atoms with Crippen LogP contribution in [-0.2, 0) is 4.79 Å². The Bertz CT molecular complexity index is 214. The van der Waals surface area contributed by atoms with Crippen LogP contribution >= 0.6 is 0 Å². The van der Waals surface area contributed by atoms with Crippen LogP contribution in [0.3, 0.4) is 0 Å². The molecule has 0 unspecified atom stereocenters. The fourth-order valence-corrected chi connectivity index (χ4v) is 1.79. The Morgan fingerprint density at radius 2 is 1.86 bits per heavy atom. The van der Waals surface area contributed by atoms with E-state index < -0.39 is 0 Å². The van der Waals surface area contributed by atoms with E-state index in [1.54, 1.807) is 0 Å². The Kier molecular flexibility index (Phi) is 4.18. The lowest BCUT2D eigenvalue weighted by atomic mass is 9.94. The van der Waals surface area contributed by atoms with E-state index in [0.717, 1.165) is 12.8 Å². The zero-order valence-electron chi connectivity index (χ0n) is 9.31. The Labute approximate surface area is 86.8 Å². The molecule has 1 aliphatic carbocycles. The van der Waals surface area contributed by atoms with Gasteiger partial charge in [0.25, 0.3) is 0 Å². The zero-order valence-corrected chi connectivity index (χ0v) is 9.31. The third-order valence-electron chi connectivity index (χ3n) is 2.93. The molecule has 0 radical (unpaired) electrons. The van der Waals surface area contributed by atoms with Crippen molar-refractivity contribution in [2.45, 2.75) is 52.0 Å². The molecule has 14 heavy (non-hydrogen) atoms. The molecule has 0 bridgehead atoms. The summed E-state index contributed by atoms with van der Waals surface area (Å²) in [5.74, 6) is 0.297. The van der Waals surface area contributed by atoms with E-state index in [2.05, 4.69) is 11.9 Å². The van der Waals surface area contributed by atoms with Gasteiger partial charge >= 0.3 is 0 Å². The molecule has 1 N–H and O–H groups in total. The topological polar surface area (TPSA) is 29.1 Å². The molecular weight excluding hydrogens is 174 g/mol. The van der Waals surface area contributed by atoms with E-state index in [1.165, 1.54) is 19.3 Å². The van der Waals surface area contributed by atoms with Crippen molar-refractivity contribution in [3.63, 3.8) is 0 Å². The van der Waals surface area contributed by atoms with Crippen molar-refractivity contribution in [3.05, 3.63) is 12.2 Å². The molecule has 1 saturated carbocycles. The molecule has 0 atom stereocenters. The lowest BCUT2D eigenvalue weighted by Crippen LogP contribution is -2.37. The van der Waals surface area contributed by atoms with Gasteiger partial charge in [-0.3, -0.25) is 4.79 Å². The van der Waals surface area contributed by atoms with Gasteiger partial charge in [0.15, 0.2) is 0 Å². The first-order valence-corrected chi connectivity index (χ1v) is 5.61.